The van der Waals surface area contributed by atoms with Gasteiger partial charge in [0, 0.05) is 0 Å². The van der Waals surface area contributed by atoms with Crippen molar-refractivity contribution in [2.45, 2.75) is 6.92 Å². The fourth-order valence-electron chi connectivity index (χ4n) is 2.15. The van der Waals surface area contributed by atoms with Gasteiger partial charge in [0.1, 0.15) is 5.57 Å². The third-order valence-corrected chi connectivity index (χ3v) is 3.29. The molecule has 1 aliphatic heterocycles. The van der Waals surface area contributed by atoms with Crippen LogP contribution in [0.25, 0.3) is 6.08 Å². The van der Waals surface area contributed by atoms with E-state index in [4.69, 9.17) is 0 Å². The molecule has 1 N–H and O–H groups in total. The number of anilines is 1. The van der Waals surface area contributed by atoms with E-state index in [1.165, 1.54) is 5.01 Å². The van der Waals surface area contributed by atoms with Gasteiger partial charge in [-0.25, -0.2) is 5.01 Å². The highest BCUT2D eigenvalue weighted by molar-refractivity contribution is 6.31. The van der Waals surface area contributed by atoms with Crippen LogP contribution in [0.15, 0.2) is 60.2 Å². The molecule has 1 saturated heterocycles. The van der Waals surface area contributed by atoms with Gasteiger partial charge in [-0.1, -0.05) is 48.0 Å². The molecule has 0 aromatic heterocycles. The van der Waals surface area contributed by atoms with Crippen molar-refractivity contribution < 1.29 is 9.59 Å². The summed E-state index contributed by atoms with van der Waals surface area (Å²) in [6.45, 7) is 1.99. The number of para-hydroxylation sites is 1. The first-order valence-electron chi connectivity index (χ1n) is 6.64. The van der Waals surface area contributed by atoms with E-state index < -0.39 is 0 Å². The topological polar surface area (TPSA) is 49.4 Å². The van der Waals surface area contributed by atoms with E-state index in [9.17, 15) is 9.59 Å². The largest absolute Gasteiger partial charge is 0.282 e. The van der Waals surface area contributed by atoms with E-state index in [0.717, 1.165) is 11.1 Å². The van der Waals surface area contributed by atoms with Gasteiger partial charge < -0.3 is 0 Å². The number of rotatable bonds is 2. The van der Waals surface area contributed by atoms with Gasteiger partial charge in [0.15, 0.2) is 0 Å². The Bertz CT molecular complexity index is 718. The number of carbonyl (C=O) groups is 2. The van der Waals surface area contributed by atoms with Crippen molar-refractivity contribution in [3.8, 4) is 0 Å². The molecule has 0 unspecified atom stereocenters. The number of amides is 2. The van der Waals surface area contributed by atoms with Crippen molar-refractivity contribution in [3.63, 3.8) is 0 Å². The lowest BCUT2D eigenvalue weighted by Crippen LogP contribution is -2.35. The number of benzene rings is 2. The minimum Gasteiger partial charge on any atom is -0.267 e. The molecule has 3 rings (SSSR count). The minimum atomic E-state index is -0.385. The summed E-state index contributed by atoms with van der Waals surface area (Å²) in [5.74, 6) is -0.726. The monoisotopic (exact) mass is 278 g/mol. The number of hydrogen-bond donors (Lipinski definition) is 1. The smallest absolute Gasteiger partial charge is 0.267 e. The summed E-state index contributed by atoms with van der Waals surface area (Å²) in [7, 11) is 0. The third kappa shape index (κ3) is 2.56. The Morgan fingerprint density at radius 3 is 2.29 bits per heavy atom. The lowest BCUT2D eigenvalue weighted by atomic mass is 10.1. The maximum Gasteiger partial charge on any atom is 0.282 e. The number of aryl methyl sites for hydroxylation is 1. The molecule has 0 aliphatic carbocycles. The Hall–Kier alpha value is -2.88. The number of nitrogens with one attached hydrogen (secondary N) is 1. The molecule has 0 radical (unpaired) electrons. The van der Waals surface area contributed by atoms with Gasteiger partial charge in [-0.15, -0.1) is 0 Å². The molecule has 21 heavy (non-hydrogen) atoms. The van der Waals surface area contributed by atoms with Crippen molar-refractivity contribution in [1.29, 1.82) is 0 Å². The Balaban J connectivity index is 1.92. The highest BCUT2D eigenvalue weighted by Gasteiger charge is 2.34. The normalized spacial score (nSPS) is 16.4. The maximum absolute atomic E-state index is 12.4. The SMILES string of the molecule is Cc1ccc(/C=C2/C(=O)NN(c3ccccc3)C2=O)cc1. The molecule has 2 amide bonds. The first-order valence-corrected chi connectivity index (χ1v) is 6.64. The highest BCUT2D eigenvalue weighted by atomic mass is 16.2. The van der Waals surface area contributed by atoms with Crippen LogP contribution < -0.4 is 10.4 Å². The molecule has 0 atom stereocenters. The van der Waals surface area contributed by atoms with Crippen molar-refractivity contribution in [1.82, 2.24) is 5.43 Å². The Morgan fingerprint density at radius 1 is 0.952 bits per heavy atom. The van der Waals surface area contributed by atoms with E-state index in [0.29, 0.717) is 5.69 Å². The molecule has 104 valence electrons. The van der Waals surface area contributed by atoms with E-state index >= 15 is 0 Å². The molecule has 4 nitrogen and oxygen atoms in total. The second-order valence-electron chi connectivity index (χ2n) is 4.89. The molecule has 0 saturated carbocycles. The van der Waals surface area contributed by atoms with Gasteiger partial charge in [-0.2, -0.15) is 0 Å². The van der Waals surface area contributed by atoms with Crippen LogP contribution in [0.4, 0.5) is 5.69 Å². The Labute approximate surface area is 122 Å². The van der Waals surface area contributed by atoms with Crippen molar-refractivity contribution in [2.24, 2.45) is 0 Å². The van der Waals surface area contributed by atoms with Crippen LogP contribution >= 0.6 is 0 Å². The predicted molar refractivity (Wildman–Crippen MR) is 81.2 cm³/mol. The lowest BCUT2D eigenvalue weighted by Gasteiger charge is -2.13. The Morgan fingerprint density at radius 2 is 1.62 bits per heavy atom. The van der Waals surface area contributed by atoms with Gasteiger partial charge in [0.05, 0.1) is 5.69 Å². The average Bonchev–Trinajstić information content (AvgIpc) is 2.78. The van der Waals surface area contributed by atoms with Gasteiger partial charge in [0.25, 0.3) is 11.8 Å². The number of nitrogens with zero attached hydrogens (tertiary/aromatic N) is 1. The summed E-state index contributed by atoms with van der Waals surface area (Å²) < 4.78 is 0. The summed E-state index contributed by atoms with van der Waals surface area (Å²) in [6, 6.07) is 16.7. The molecular formula is C17H14N2O2. The summed E-state index contributed by atoms with van der Waals surface area (Å²) in [5, 5.41) is 1.27. The summed E-state index contributed by atoms with van der Waals surface area (Å²) >= 11 is 0. The highest BCUT2D eigenvalue weighted by Crippen LogP contribution is 2.21. The molecule has 2 aromatic carbocycles. The van der Waals surface area contributed by atoms with Crippen LogP contribution in [0.5, 0.6) is 0 Å². The van der Waals surface area contributed by atoms with Gasteiger partial charge >= 0.3 is 0 Å². The Kier molecular flexibility index (Phi) is 3.28. The second-order valence-corrected chi connectivity index (χ2v) is 4.89. The van der Waals surface area contributed by atoms with Crippen LogP contribution in [0.1, 0.15) is 11.1 Å². The second kappa shape index (κ2) is 5.25. The van der Waals surface area contributed by atoms with E-state index in [1.54, 1.807) is 18.2 Å². The first kappa shape index (κ1) is 13.1. The molecule has 0 spiro atoms. The van der Waals surface area contributed by atoms with E-state index in [1.807, 2.05) is 49.4 Å². The molecule has 1 heterocycles. The zero-order valence-corrected chi connectivity index (χ0v) is 11.5. The van der Waals surface area contributed by atoms with Crippen LogP contribution in [0.2, 0.25) is 0 Å². The lowest BCUT2D eigenvalue weighted by molar-refractivity contribution is -0.117. The number of carbonyl (C=O) groups excluding carboxylic acids is 2. The molecule has 1 aliphatic rings. The average molecular weight is 278 g/mol. The summed E-state index contributed by atoms with van der Waals surface area (Å²) in [6.07, 6.45) is 1.61. The van der Waals surface area contributed by atoms with Crippen LogP contribution in [-0.4, -0.2) is 11.8 Å². The predicted octanol–water partition coefficient (Wildman–Crippen LogP) is 2.46. The standard InChI is InChI=1S/C17H14N2O2/c1-12-7-9-13(10-8-12)11-15-16(20)18-19(17(15)21)14-5-3-2-4-6-14/h2-11H,1H3,(H,18,20)/b15-11-. The first-order chi connectivity index (χ1) is 10.1. The zero-order chi connectivity index (χ0) is 14.8. The van der Waals surface area contributed by atoms with Crippen LogP contribution in [-0.2, 0) is 9.59 Å². The number of hydrogen-bond acceptors (Lipinski definition) is 2. The molecular weight excluding hydrogens is 264 g/mol. The fourth-order valence-corrected chi connectivity index (χ4v) is 2.15. The van der Waals surface area contributed by atoms with E-state index in [2.05, 4.69) is 5.43 Å². The third-order valence-electron chi connectivity index (χ3n) is 3.29. The molecule has 2 aromatic rings. The summed E-state index contributed by atoms with van der Waals surface area (Å²) in [4.78, 5) is 24.4. The fraction of sp³-hybridized carbons (Fsp3) is 0.0588. The zero-order valence-electron chi connectivity index (χ0n) is 11.5. The van der Waals surface area contributed by atoms with Crippen molar-refractivity contribution in [3.05, 3.63) is 71.3 Å². The maximum atomic E-state index is 12.4. The molecule has 4 heteroatoms. The van der Waals surface area contributed by atoms with Gasteiger partial charge in [0.2, 0.25) is 0 Å². The minimum absolute atomic E-state index is 0.141. The van der Waals surface area contributed by atoms with Gasteiger partial charge in [-0.05, 0) is 30.7 Å². The summed E-state index contributed by atoms with van der Waals surface area (Å²) in [5.41, 5.74) is 5.32. The molecule has 1 fully saturated rings. The van der Waals surface area contributed by atoms with Crippen LogP contribution in [0, 0.1) is 6.92 Å². The van der Waals surface area contributed by atoms with Crippen LogP contribution in [0.3, 0.4) is 0 Å². The van der Waals surface area contributed by atoms with Crippen molar-refractivity contribution in [2.75, 3.05) is 5.01 Å². The van der Waals surface area contributed by atoms with Crippen molar-refractivity contribution >= 4 is 23.6 Å². The van der Waals surface area contributed by atoms with Gasteiger partial charge in [-0.3, -0.25) is 15.0 Å². The quantitative estimate of drug-likeness (QED) is 0.677. The van der Waals surface area contributed by atoms with E-state index in [-0.39, 0.29) is 17.4 Å². The molecule has 0 bridgehead atoms. The number of hydrazine groups is 1.